The van der Waals surface area contributed by atoms with Crippen molar-refractivity contribution in [2.75, 3.05) is 11.9 Å². The Morgan fingerprint density at radius 3 is 2.95 bits per heavy atom. The van der Waals surface area contributed by atoms with Crippen LogP contribution in [0.4, 0.5) is 5.69 Å². The summed E-state index contributed by atoms with van der Waals surface area (Å²) in [7, 11) is 1.81. The number of aryl methyl sites for hydroxylation is 1. The fourth-order valence-electron chi connectivity index (χ4n) is 2.37. The smallest absolute Gasteiger partial charge is 0.303 e. The number of carbonyl (C=O) groups is 2. The summed E-state index contributed by atoms with van der Waals surface area (Å²) in [5, 5.41) is 8.55. The molecule has 0 fully saturated rings. The van der Waals surface area contributed by atoms with Crippen LogP contribution in [0.1, 0.15) is 36.8 Å². The first-order valence-electron chi connectivity index (χ1n) is 6.86. The highest BCUT2D eigenvalue weighted by atomic mass is 16.4. The maximum absolute atomic E-state index is 11.6. The maximum atomic E-state index is 11.6. The van der Waals surface area contributed by atoms with E-state index in [0.717, 1.165) is 24.1 Å². The van der Waals surface area contributed by atoms with Crippen molar-refractivity contribution in [3.8, 4) is 0 Å². The van der Waals surface area contributed by atoms with E-state index in [1.165, 1.54) is 5.56 Å². The predicted molar refractivity (Wildman–Crippen MR) is 78.7 cm³/mol. The molecule has 1 aliphatic rings. The molecule has 106 valence electrons. The van der Waals surface area contributed by atoms with Gasteiger partial charge in [-0.05, 0) is 42.5 Å². The monoisotopic (exact) mass is 273 g/mol. The SMILES string of the molecule is CN1C(=O)CCc2cc(/C=C/CCCC(=O)O)ccc21. The lowest BCUT2D eigenvalue weighted by Crippen LogP contribution is -2.30. The lowest BCUT2D eigenvalue weighted by Gasteiger charge is -2.25. The Balaban J connectivity index is 1.99. The van der Waals surface area contributed by atoms with Gasteiger partial charge in [0.2, 0.25) is 5.91 Å². The van der Waals surface area contributed by atoms with Crippen molar-refractivity contribution >= 4 is 23.6 Å². The Morgan fingerprint density at radius 2 is 2.20 bits per heavy atom. The third-order valence-electron chi connectivity index (χ3n) is 3.52. The van der Waals surface area contributed by atoms with Gasteiger partial charge in [0, 0.05) is 25.6 Å². The molecule has 0 radical (unpaired) electrons. The number of carboxylic acids is 1. The van der Waals surface area contributed by atoms with Gasteiger partial charge < -0.3 is 10.0 Å². The standard InChI is InChI=1S/C16H19NO3/c1-17-14-9-7-12(5-3-2-4-6-16(19)20)11-13(14)8-10-15(17)18/h3,5,7,9,11H,2,4,6,8,10H2,1H3,(H,19,20)/b5-3+. The van der Waals surface area contributed by atoms with Crippen LogP contribution in [0.5, 0.6) is 0 Å². The number of nitrogens with zero attached hydrogens (tertiary/aromatic N) is 1. The van der Waals surface area contributed by atoms with Gasteiger partial charge in [-0.25, -0.2) is 0 Å². The minimum Gasteiger partial charge on any atom is -0.481 e. The molecule has 0 saturated heterocycles. The van der Waals surface area contributed by atoms with E-state index in [2.05, 4.69) is 6.07 Å². The molecule has 20 heavy (non-hydrogen) atoms. The van der Waals surface area contributed by atoms with Crippen LogP contribution in [0.15, 0.2) is 24.3 Å². The van der Waals surface area contributed by atoms with Gasteiger partial charge in [0.1, 0.15) is 0 Å². The van der Waals surface area contributed by atoms with Crippen LogP contribution in [0, 0.1) is 0 Å². The van der Waals surface area contributed by atoms with Crippen LogP contribution in [0.3, 0.4) is 0 Å². The molecule has 0 atom stereocenters. The van der Waals surface area contributed by atoms with Crippen molar-refractivity contribution in [2.45, 2.75) is 32.1 Å². The minimum atomic E-state index is -0.750. The fourth-order valence-corrected chi connectivity index (χ4v) is 2.37. The Hall–Kier alpha value is -2.10. The number of aliphatic carboxylic acids is 1. The molecule has 1 heterocycles. The summed E-state index contributed by atoms with van der Waals surface area (Å²) in [5.74, 6) is -0.589. The number of hydrogen-bond acceptors (Lipinski definition) is 2. The van der Waals surface area contributed by atoms with Crippen LogP contribution in [-0.4, -0.2) is 24.0 Å². The zero-order valence-electron chi connectivity index (χ0n) is 11.6. The van der Waals surface area contributed by atoms with Crippen molar-refractivity contribution < 1.29 is 14.7 Å². The summed E-state index contributed by atoms with van der Waals surface area (Å²) >= 11 is 0. The van der Waals surface area contributed by atoms with Gasteiger partial charge in [-0.3, -0.25) is 9.59 Å². The minimum absolute atomic E-state index is 0.162. The highest BCUT2D eigenvalue weighted by molar-refractivity contribution is 5.96. The number of rotatable bonds is 5. The Bertz CT molecular complexity index is 549. The molecule has 0 saturated carbocycles. The van der Waals surface area contributed by atoms with Gasteiger partial charge in [-0.2, -0.15) is 0 Å². The first-order valence-corrected chi connectivity index (χ1v) is 6.86. The van der Waals surface area contributed by atoms with Gasteiger partial charge in [-0.15, -0.1) is 0 Å². The number of allylic oxidation sites excluding steroid dienone is 1. The molecule has 1 aromatic rings. The molecule has 0 aromatic heterocycles. The van der Waals surface area contributed by atoms with Crippen LogP contribution in [0.2, 0.25) is 0 Å². The third-order valence-corrected chi connectivity index (χ3v) is 3.52. The van der Waals surface area contributed by atoms with Crippen molar-refractivity contribution in [3.63, 3.8) is 0 Å². The summed E-state index contributed by atoms with van der Waals surface area (Å²) in [5.41, 5.74) is 3.28. The highest BCUT2D eigenvalue weighted by Gasteiger charge is 2.20. The molecule has 1 aromatic carbocycles. The third kappa shape index (κ3) is 3.47. The zero-order chi connectivity index (χ0) is 14.5. The van der Waals surface area contributed by atoms with E-state index >= 15 is 0 Å². The fraction of sp³-hybridized carbons (Fsp3) is 0.375. The first kappa shape index (κ1) is 14.3. The molecule has 1 N–H and O–H groups in total. The van der Waals surface area contributed by atoms with E-state index in [0.29, 0.717) is 12.8 Å². The number of fused-ring (bicyclic) bond motifs is 1. The van der Waals surface area contributed by atoms with Crippen LogP contribution >= 0.6 is 0 Å². The predicted octanol–water partition coefficient (Wildman–Crippen LogP) is 2.86. The quantitative estimate of drug-likeness (QED) is 0.839. The topological polar surface area (TPSA) is 57.6 Å². The summed E-state index contributed by atoms with van der Waals surface area (Å²) in [6.07, 6.45) is 7.01. The van der Waals surface area contributed by atoms with E-state index in [-0.39, 0.29) is 12.3 Å². The lowest BCUT2D eigenvalue weighted by molar-refractivity contribution is -0.137. The Kier molecular flexibility index (Phi) is 4.56. The molecule has 0 bridgehead atoms. The molecule has 0 spiro atoms. The average Bonchev–Trinajstić information content (AvgIpc) is 2.42. The number of carbonyl (C=O) groups excluding carboxylic acids is 1. The van der Waals surface area contributed by atoms with E-state index < -0.39 is 5.97 Å². The molecule has 0 aliphatic carbocycles. The summed E-state index contributed by atoms with van der Waals surface area (Å²) in [6, 6.07) is 6.07. The van der Waals surface area contributed by atoms with Crippen molar-refractivity contribution in [1.82, 2.24) is 0 Å². The van der Waals surface area contributed by atoms with Crippen molar-refractivity contribution in [1.29, 1.82) is 0 Å². The van der Waals surface area contributed by atoms with Crippen LogP contribution in [0.25, 0.3) is 6.08 Å². The highest BCUT2D eigenvalue weighted by Crippen LogP contribution is 2.27. The van der Waals surface area contributed by atoms with E-state index in [4.69, 9.17) is 5.11 Å². The van der Waals surface area contributed by atoms with Gasteiger partial charge in [0.05, 0.1) is 0 Å². The number of benzene rings is 1. The number of amides is 1. The van der Waals surface area contributed by atoms with Gasteiger partial charge in [-0.1, -0.05) is 18.2 Å². The number of carboxylic acid groups (broad SMARTS) is 1. The molecule has 1 aliphatic heterocycles. The Morgan fingerprint density at radius 1 is 1.40 bits per heavy atom. The first-order chi connectivity index (χ1) is 9.58. The molecular weight excluding hydrogens is 254 g/mol. The molecule has 4 nitrogen and oxygen atoms in total. The van der Waals surface area contributed by atoms with Crippen molar-refractivity contribution in [3.05, 3.63) is 35.4 Å². The van der Waals surface area contributed by atoms with E-state index in [1.54, 1.807) is 4.90 Å². The second-order valence-electron chi connectivity index (χ2n) is 5.03. The largest absolute Gasteiger partial charge is 0.481 e. The molecule has 0 unspecified atom stereocenters. The molecule has 2 rings (SSSR count). The normalized spacial score (nSPS) is 14.7. The van der Waals surface area contributed by atoms with Crippen LogP contribution < -0.4 is 4.90 Å². The second-order valence-corrected chi connectivity index (χ2v) is 5.03. The van der Waals surface area contributed by atoms with E-state index in [9.17, 15) is 9.59 Å². The summed E-state index contributed by atoms with van der Waals surface area (Å²) < 4.78 is 0. The lowest BCUT2D eigenvalue weighted by atomic mass is 9.99. The number of hydrogen-bond donors (Lipinski definition) is 1. The second kappa shape index (κ2) is 6.37. The molecular formula is C16H19NO3. The van der Waals surface area contributed by atoms with Gasteiger partial charge >= 0.3 is 5.97 Å². The van der Waals surface area contributed by atoms with E-state index in [1.807, 2.05) is 31.3 Å². The number of anilines is 1. The summed E-state index contributed by atoms with van der Waals surface area (Å²) in [6.45, 7) is 0. The zero-order valence-corrected chi connectivity index (χ0v) is 11.6. The molecule has 4 heteroatoms. The average molecular weight is 273 g/mol. The van der Waals surface area contributed by atoms with Gasteiger partial charge in [0.25, 0.3) is 0 Å². The molecule has 1 amide bonds. The van der Waals surface area contributed by atoms with Crippen LogP contribution in [-0.2, 0) is 16.0 Å². The summed E-state index contributed by atoms with van der Waals surface area (Å²) in [4.78, 5) is 23.7. The van der Waals surface area contributed by atoms with Crippen molar-refractivity contribution in [2.24, 2.45) is 0 Å². The Labute approximate surface area is 118 Å². The van der Waals surface area contributed by atoms with Gasteiger partial charge in [0.15, 0.2) is 0 Å². The maximum Gasteiger partial charge on any atom is 0.303 e. The number of unbranched alkanes of at least 4 members (excludes halogenated alkanes) is 1.